The van der Waals surface area contributed by atoms with Gasteiger partial charge < -0.3 is 5.11 Å². The van der Waals surface area contributed by atoms with E-state index in [0.29, 0.717) is 26.0 Å². The van der Waals surface area contributed by atoms with Gasteiger partial charge in [-0.05, 0) is 37.3 Å². The number of rotatable bonds is 2. The van der Waals surface area contributed by atoms with Crippen LogP contribution < -0.4 is 10.6 Å². The average molecular weight is 308 g/mol. The minimum atomic E-state index is -0.486. The molecule has 0 saturated carbocycles. The van der Waals surface area contributed by atoms with Gasteiger partial charge in [0.15, 0.2) is 3.95 Å². The quantitative estimate of drug-likeness (QED) is 0.856. The van der Waals surface area contributed by atoms with Crippen LogP contribution in [0.25, 0.3) is 5.57 Å². The Kier molecular flexibility index (Phi) is 3.02. The van der Waals surface area contributed by atoms with Gasteiger partial charge >= 0.3 is 0 Å². The van der Waals surface area contributed by atoms with Crippen LogP contribution in [0.15, 0.2) is 23.2 Å². The number of hydrogen-bond acceptors (Lipinski definition) is 4. The molecule has 2 aromatic rings. The van der Waals surface area contributed by atoms with Gasteiger partial charge in [-0.25, -0.2) is 9.38 Å². The number of nitrogens with zero attached hydrogens (tertiary/aromatic N) is 2. The highest BCUT2D eigenvalue weighted by atomic mass is 32.1. The van der Waals surface area contributed by atoms with Crippen LogP contribution in [0, 0.1) is 9.77 Å². The third kappa shape index (κ3) is 1.82. The Morgan fingerprint density at radius 3 is 2.90 bits per heavy atom. The van der Waals surface area contributed by atoms with E-state index in [1.807, 2.05) is 6.92 Å². The van der Waals surface area contributed by atoms with Gasteiger partial charge in [0.25, 0.3) is 5.91 Å². The summed E-state index contributed by atoms with van der Waals surface area (Å²) in [4.78, 5) is 16.2. The van der Waals surface area contributed by atoms with Crippen LogP contribution in [0.1, 0.15) is 11.8 Å². The first kappa shape index (κ1) is 13.1. The maximum absolute atomic E-state index is 13.4. The van der Waals surface area contributed by atoms with E-state index in [0.717, 1.165) is 11.3 Å². The van der Waals surface area contributed by atoms with Crippen molar-refractivity contribution < 1.29 is 14.3 Å². The number of aromatic nitrogens is 1. The molecule has 0 unspecified atom stereocenters. The molecule has 1 N–H and O–H groups in total. The number of thiazole rings is 1. The molecule has 102 valence electrons. The second kappa shape index (κ2) is 4.60. The van der Waals surface area contributed by atoms with Crippen LogP contribution in [0.3, 0.4) is 0 Å². The highest BCUT2D eigenvalue weighted by Gasteiger charge is 2.25. The molecule has 3 rings (SSSR count). The standard InChI is InChI=1S/C13H9FN2O2S2/c1-2-16-12(18)10(20-13(16)19)9-7-5-6(14)3-4-8(7)15-11(9)17/h3-5,18H,2H2,1H3. The number of fused-ring (bicyclic) bond motifs is 1. The van der Waals surface area contributed by atoms with E-state index < -0.39 is 11.7 Å². The zero-order valence-corrected chi connectivity index (χ0v) is 12.0. The molecule has 1 aliphatic rings. The van der Waals surface area contributed by atoms with Crippen molar-refractivity contribution in [2.45, 2.75) is 13.5 Å². The fraction of sp³-hybridized carbons (Fsp3) is 0.154. The molecule has 1 aromatic carbocycles. The zero-order valence-electron chi connectivity index (χ0n) is 10.4. The van der Waals surface area contributed by atoms with Gasteiger partial charge in [-0.15, -0.1) is 11.3 Å². The molecule has 0 bridgehead atoms. The first-order chi connectivity index (χ1) is 9.52. The van der Waals surface area contributed by atoms with E-state index in [4.69, 9.17) is 12.2 Å². The van der Waals surface area contributed by atoms with Crippen molar-refractivity contribution in [1.29, 1.82) is 0 Å². The highest BCUT2D eigenvalue weighted by Crippen LogP contribution is 2.32. The lowest BCUT2D eigenvalue weighted by molar-refractivity contribution is -0.112. The van der Waals surface area contributed by atoms with Crippen molar-refractivity contribution in [1.82, 2.24) is 4.57 Å². The summed E-state index contributed by atoms with van der Waals surface area (Å²) < 4.78 is 15.4. The molecule has 0 atom stereocenters. The minimum absolute atomic E-state index is 0.0711. The molecule has 2 heterocycles. The lowest BCUT2D eigenvalue weighted by Gasteiger charge is -2.01. The lowest BCUT2D eigenvalue weighted by Crippen LogP contribution is -2.23. The van der Waals surface area contributed by atoms with Crippen molar-refractivity contribution in [3.8, 4) is 5.88 Å². The second-order valence-electron chi connectivity index (χ2n) is 4.22. The van der Waals surface area contributed by atoms with Crippen molar-refractivity contribution in [3.05, 3.63) is 43.4 Å². The van der Waals surface area contributed by atoms with Crippen LogP contribution in [-0.2, 0) is 11.3 Å². The van der Waals surface area contributed by atoms with E-state index in [2.05, 4.69) is 4.99 Å². The summed E-state index contributed by atoms with van der Waals surface area (Å²) in [6, 6.07) is 3.94. The third-order valence-corrected chi connectivity index (χ3v) is 4.53. The Labute approximate surface area is 122 Å². The molecule has 1 amide bonds. The first-order valence-corrected chi connectivity index (χ1v) is 7.11. The van der Waals surface area contributed by atoms with Gasteiger partial charge in [-0.3, -0.25) is 9.36 Å². The summed E-state index contributed by atoms with van der Waals surface area (Å²) in [6.45, 7) is 2.33. The van der Waals surface area contributed by atoms with Crippen LogP contribution in [0.5, 0.6) is 5.88 Å². The average Bonchev–Trinajstić information content (AvgIpc) is 2.85. The van der Waals surface area contributed by atoms with Gasteiger partial charge in [-0.1, -0.05) is 0 Å². The van der Waals surface area contributed by atoms with Crippen LogP contribution in [0.2, 0.25) is 0 Å². The zero-order chi connectivity index (χ0) is 14.4. The van der Waals surface area contributed by atoms with E-state index in [9.17, 15) is 14.3 Å². The smallest absolute Gasteiger partial charge is 0.279 e. The van der Waals surface area contributed by atoms with Crippen molar-refractivity contribution in [2.24, 2.45) is 4.99 Å². The molecule has 7 heteroatoms. The van der Waals surface area contributed by atoms with Crippen molar-refractivity contribution >= 4 is 35.0 Å². The summed E-state index contributed by atoms with van der Waals surface area (Å²) in [7, 11) is 0. The molecule has 1 aromatic heterocycles. The summed E-state index contributed by atoms with van der Waals surface area (Å²) in [5, 5.41) is 11.0. The van der Waals surface area contributed by atoms with E-state index in [1.54, 1.807) is 0 Å². The first-order valence-electron chi connectivity index (χ1n) is 5.88. The summed E-state index contributed by atoms with van der Waals surface area (Å²) in [5.41, 5.74) is 0.209. The van der Waals surface area contributed by atoms with Gasteiger partial charge in [0.05, 0.1) is 10.9 Å². The topological polar surface area (TPSA) is 54.6 Å². The number of halogens is 1. The Bertz CT molecular complexity index is 911. The summed E-state index contributed by atoms with van der Waals surface area (Å²) in [5.74, 6) is -1.01. The number of aromatic hydroxyl groups is 1. The molecule has 1 aliphatic heterocycles. The molecule has 4 nitrogen and oxygen atoms in total. The van der Waals surface area contributed by atoms with E-state index in [-0.39, 0.29) is 11.5 Å². The number of carbonyl (C=O) groups is 1. The highest BCUT2D eigenvalue weighted by molar-refractivity contribution is 7.73. The number of hydrogen-bond donors (Lipinski definition) is 1. The SMILES string of the molecule is CCn1c(O)c(C2=c3cc(F)ccc3=NC2=O)sc1=S. The molecule has 0 spiro atoms. The fourth-order valence-electron chi connectivity index (χ4n) is 2.14. The number of amides is 1. The van der Waals surface area contributed by atoms with Gasteiger partial charge in [0, 0.05) is 11.8 Å². The molecule has 20 heavy (non-hydrogen) atoms. The van der Waals surface area contributed by atoms with Crippen molar-refractivity contribution in [3.63, 3.8) is 0 Å². The monoisotopic (exact) mass is 308 g/mol. The van der Waals surface area contributed by atoms with Crippen molar-refractivity contribution in [2.75, 3.05) is 0 Å². The third-order valence-electron chi connectivity index (χ3n) is 3.08. The normalized spacial score (nSPS) is 13.5. The molecule has 0 aliphatic carbocycles. The molecule has 0 fully saturated rings. The largest absolute Gasteiger partial charge is 0.493 e. The fourth-order valence-corrected chi connectivity index (χ4v) is 3.61. The molecule has 0 saturated heterocycles. The summed E-state index contributed by atoms with van der Waals surface area (Å²) >= 11 is 6.27. The predicted octanol–water partition coefficient (Wildman–Crippen LogP) is 1.50. The Morgan fingerprint density at radius 1 is 1.50 bits per heavy atom. The maximum Gasteiger partial charge on any atom is 0.279 e. The minimum Gasteiger partial charge on any atom is -0.493 e. The van der Waals surface area contributed by atoms with Crippen LogP contribution >= 0.6 is 23.6 Å². The second-order valence-corrected chi connectivity index (χ2v) is 5.86. The lowest BCUT2D eigenvalue weighted by atomic mass is 10.1. The van der Waals surface area contributed by atoms with Crippen LogP contribution in [-0.4, -0.2) is 15.6 Å². The Hall–Kier alpha value is -1.86. The number of benzene rings is 1. The van der Waals surface area contributed by atoms with Crippen LogP contribution in [0.4, 0.5) is 4.39 Å². The molecular weight excluding hydrogens is 299 g/mol. The van der Waals surface area contributed by atoms with Gasteiger partial charge in [0.2, 0.25) is 5.88 Å². The van der Waals surface area contributed by atoms with E-state index in [1.165, 1.54) is 22.8 Å². The Morgan fingerprint density at radius 2 is 2.25 bits per heavy atom. The van der Waals surface area contributed by atoms with E-state index >= 15 is 0 Å². The maximum atomic E-state index is 13.4. The molecule has 0 radical (unpaired) electrons. The van der Waals surface area contributed by atoms with Gasteiger partial charge in [-0.2, -0.15) is 0 Å². The predicted molar refractivity (Wildman–Crippen MR) is 75.2 cm³/mol. The molecular formula is C13H9FN2O2S2. The number of carbonyl (C=O) groups excluding carboxylic acids is 1. The van der Waals surface area contributed by atoms with Gasteiger partial charge in [0.1, 0.15) is 10.7 Å². The summed E-state index contributed by atoms with van der Waals surface area (Å²) in [6.07, 6.45) is 0. The Balaban J connectivity index is 2.41.